The Bertz CT molecular complexity index is 279. The maximum Gasteiger partial charge on any atom is 0.0375 e. The number of anilines is 1. The number of hydrogen-bond donors (Lipinski definition) is 1. The number of hydrogen-bond acceptors (Lipinski definition) is 1. The van der Waals surface area contributed by atoms with E-state index in [0.29, 0.717) is 0 Å². The Morgan fingerprint density at radius 3 is 2.64 bits per heavy atom. The van der Waals surface area contributed by atoms with Crippen LogP contribution in [0.25, 0.3) is 0 Å². The van der Waals surface area contributed by atoms with Gasteiger partial charge < -0.3 is 5.32 Å². The summed E-state index contributed by atoms with van der Waals surface area (Å²) < 4.78 is 0. The van der Waals surface area contributed by atoms with Gasteiger partial charge in [-0.3, -0.25) is 0 Å². The number of unbranched alkanes of at least 4 members (excludes halogenated alkanes) is 1. The third-order valence-corrected chi connectivity index (χ3v) is 2.43. The number of benzene rings is 1. The first-order chi connectivity index (χ1) is 6.77. The largest absolute Gasteiger partial charge is 0.385 e. The van der Waals surface area contributed by atoms with Crippen LogP contribution >= 0.6 is 0 Å². The second-order valence-electron chi connectivity index (χ2n) is 3.79. The van der Waals surface area contributed by atoms with Gasteiger partial charge in [-0.15, -0.1) is 0 Å². The van der Waals surface area contributed by atoms with Crippen LogP contribution in [0.15, 0.2) is 18.2 Å². The molecule has 0 saturated heterocycles. The zero-order chi connectivity index (χ0) is 10.4. The Hall–Kier alpha value is -0.980. The van der Waals surface area contributed by atoms with Crippen LogP contribution in [0, 0.1) is 6.92 Å². The Labute approximate surface area is 87.5 Å². The molecule has 0 aliphatic heterocycles. The molecule has 0 bridgehead atoms. The summed E-state index contributed by atoms with van der Waals surface area (Å²) >= 11 is 0. The zero-order valence-electron chi connectivity index (χ0n) is 9.56. The molecule has 1 heteroatoms. The maximum absolute atomic E-state index is 3.43. The molecule has 0 saturated carbocycles. The first-order valence-electron chi connectivity index (χ1n) is 5.61. The van der Waals surface area contributed by atoms with E-state index < -0.39 is 0 Å². The Morgan fingerprint density at radius 2 is 2.00 bits per heavy atom. The van der Waals surface area contributed by atoms with Gasteiger partial charge in [-0.05, 0) is 43.9 Å². The van der Waals surface area contributed by atoms with Gasteiger partial charge in [0.2, 0.25) is 0 Å². The molecule has 0 amide bonds. The van der Waals surface area contributed by atoms with Crippen molar-refractivity contribution in [3.63, 3.8) is 0 Å². The molecule has 1 rings (SSSR count). The number of aryl methyl sites for hydroxylation is 2. The summed E-state index contributed by atoms with van der Waals surface area (Å²) in [5.41, 5.74) is 4.11. The summed E-state index contributed by atoms with van der Waals surface area (Å²) in [7, 11) is 0. The monoisotopic (exact) mass is 191 g/mol. The van der Waals surface area contributed by atoms with E-state index in [-0.39, 0.29) is 0 Å². The highest BCUT2D eigenvalue weighted by molar-refractivity contribution is 5.53. The van der Waals surface area contributed by atoms with Gasteiger partial charge in [-0.1, -0.05) is 25.5 Å². The van der Waals surface area contributed by atoms with E-state index in [1.807, 2.05) is 0 Å². The van der Waals surface area contributed by atoms with Gasteiger partial charge in [0, 0.05) is 12.2 Å². The molecule has 1 N–H and O–H groups in total. The molecular weight excluding hydrogens is 170 g/mol. The average Bonchev–Trinajstić information content (AvgIpc) is 2.17. The van der Waals surface area contributed by atoms with Crippen LogP contribution in [-0.4, -0.2) is 6.54 Å². The average molecular weight is 191 g/mol. The SMILES string of the molecule is CCCCc1ccc(C)cc1NCC. The Morgan fingerprint density at radius 1 is 1.21 bits per heavy atom. The summed E-state index contributed by atoms with van der Waals surface area (Å²) in [6.07, 6.45) is 3.74. The van der Waals surface area contributed by atoms with Crippen molar-refractivity contribution in [2.24, 2.45) is 0 Å². The highest BCUT2D eigenvalue weighted by Crippen LogP contribution is 2.19. The van der Waals surface area contributed by atoms with Gasteiger partial charge in [-0.25, -0.2) is 0 Å². The predicted octanol–water partition coefficient (Wildman–Crippen LogP) is 3.77. The fourth-order valence-corrected chi connectivity index (χ4v) is 1.63. The molecule has 0 aromatic heterocycles. The molecule has 0 spiro atoms. The quantitative estimate of drug-likeness (QED) is 0.747. The maximum atomic E-state index is 3.43. The highest BCUT2D eigenvalue weighted by atomic mass is 14.9. The summed E-state index contributed by atoms with van der Waals surface area (Å²) in [5, 5.41) is 3.43. The van der Waals surface area contributed by atoms with Crippen LogP contribution in [0.1, 0.15) is 37.8 Å². The molecule has 0 aliphatic rings. The lowest BCUT2D eigenvalue weighted by Crippen LogP contribution is -2.01. The van der Waals surface area contributed by atoms with Crippen molar-refractivity contribution in [1.82, 2.24) is 0 Å². The van der Waals surface area contributed by atoms with E-state index in [2.05, 4.69) is 44.3 Å². The van der Waals surface area contributed by atoms with Crippen molar-refractivity contribution in [2.75, 3.05) is 11.9 Å². The van der Waals surface area contributed by atoms with Gasteiger partial charge >= 0.3 is 0 Å². The minimum absolute atomic E-state index is 1.00. The Balaban J connectivity index is 2.78. The number of nitrogens with one attached hydrogen (secondary N) is 1. The molecule has 0 heterocycles. The summed E-state index contributed by atoms with van der Waals surface area (Å²) in [4.78, 5) is 0. The van der Waals surface area contributed by atoms with Crippen molar-refractivity contribution in [1.29, 1.82) is 0 Å². The zero-order valence-corrected chi connectivity index (χ0v) is 9.56. The minimum Gasteiger partial charge on any atom is -0.385 e. The summed E-state index contributed by atoms with van der Waals surface area (Å²) in [6, 6.07) is 6.70. The van der Waals surface area contributed by atoms with Crippen LogP contribution < -0.4 is 5.32 Å². The third kappa shape index (κ3) is 3.06. The van der Waals surface area contributed by atoms with Crippen molar-refractivity contribution >= 4 is 5.69 Å². The Kier molecular flexibility index (Phi) is 4.51. The van der Waals surface area contributed by atoms with Crippen LogP contribution in [0.3, 0.4) is 0 Å². The fourth-order valence-electron chi connectivity index (χ4n) is 1.63. The molecule has 1 nitrogen and oxygen atoms in total. The fraction of sp³-hybridized carbons (Fsp3) is 0.538. The molecule has 78 valence electrons. The molecule has 0 radical (unpaired) electrons. The van der Waals surface area contributed by atoms with Crippen LogP contribution in [-0.2, 0) is 6.42 Å². The molecule has 1 aromatic rings. The van der Waals surface area contributed by atoms with Crippen LogP contribution in [0.2, 0.25) is 0 Å². The molecule has 14 heavy (non-hydrogen) atoms. The molecule has 0 atom stereocenters. The van der Waals surface area contributed by atoms with E-state index >= 15 is 0 Å². The first-order valence-corrected chi connectivity index (χ1v) is 5.61. The third-order valence-electron chi connectivity index (χ3n) is 2.43. The van der Waals surface area contributed by atoms with Gasteiger partial charge in [0.1, 0.15) is 0 Å². The molecule has 0 fully saturated rings. The highest BCUT2D eigenvalue weighted by Gasteiger charge is 2.00. The normalized spacial score (nSPS) is 10.2. The van der Waals surface area contributed by atoms with E-state index in [4.69, 9.17) is 0 Å². The summed E-state index contributed by atoms with van der Waals surface area (Å²) in [6.45, 7) is 7.53. The van der Waals surface area contributed by atoms with Crippen molar-refractivity contribution in [3.05, 3.63) is 29.3 Å². The molecule has 0 aliphatic carbocycles. The second kappa shape index (κ2) is 5.69. The van der Waals surface area contributed by atoms with E-state index in [9.17, 15) is 0 Å². The van der Waals surface area contributed by atoms with E-state index in [1.54, 1.807) is 0 Å². The van der Waals surface area contributed by atoms with Crippen LogP contribution in [0.5, 0.6) is 0 Å². The lowest BCUT2D eigenvalue weighted by molar-refractivity contribution is 0.795. The second-order valence-corrected chi connectivity index (χ2v) is 3.79. The van der Waals surface area contributed by atoms with Crippen molar-refractivity contribution < 1.29 is 0 Å². The lowest BCUT2D eigenvalue weighted by Gasteiger charge is -2.11. The van der Waals surface area contributed by atoms with Crippen molar-refractivity contribution in [3.8, 4) is 0 Å². The van der Waals surface area contributed by atoms with Gasteiger partial charge in [0.15, 0.2) is 0 Å². The van der Waals surface area contributed by atoms with Gasteiger partial charge in [0.05, 0.1) is 0 Å². The van der Waals surface area contributed by atoms with Gasteiger partial charge in [0.25, 0.3) is 0 Å². The van der Waals surface area contributed by atoms with E-state index in [1.165, 1.54) is 36.1 Å². The molecule has 1 aromatic carbocycles. The van der Waals surface area contributed by atoms with Crippen molar-refractivity contribution in [2.45, 2.75) is 40.0 Å². The molecular formula is C13H21N. The topological polar surface area (TPSA) is 12.0 Å². The predicted molar refractivity (Wildman–Crippen MR) is 64.0 cm³/mol. The smallest absolute Gasteiger partial charge is 0.0375 e. The standard InChI is InChI=1S/C13H21N/c1-4-6-7-12-9-8-11(3)10-13(12)14-5-2/h8-10,14H,4-7H2,1-3H3. The molecule has 0 unspecified atom stereocenters. The summed E-state index contributed by atoms with van der Waals surface area (Å²) in [5.74, 6) is 0. The first kappa shape index (κ1) is 11.1. The van der Waals surface area contributed by atoms with E-state index in [0.717, 1.165) is 6.54 Å². The lowest BCUT2D eigenvalue weighted by atomic mass is 10.0. The van der Waals surface area contributed by atoms with Crippen LogP contribution in [0.4, 0.5) is 5.69 Å². The minimum atomic E-state index is 1.00. The number of rotatable bonds is 5. The van der Waals surface area contributed by atoms with Gasteiger partial charge in [-0.2, -0.15) is 0 Å².